The maximum Gasteiger partial charge on any atom is 0.410 e. The van der Waals surface area contributed by atoms with Crippen LogP contribution in [0.25, 0.3) is 16.7 Å². The lowest BCUT2D eigenvalue weighted by Crippen LogP contribution is -2.39. The first-order chi connectivity index (χ1) is 17.2. The lowest BCUT2D eigenvalue weighted by atomic mass is 10.0. The molecular formula is C26H25FN4O5. The fraction of sp³-hybridized carbons (Fsp3) is 0.308. The molecule has 0 atom stereocenters. The van der Waals surface area contributed by atoms with Crippen molar-refractivity contribution in [1.29, 1.82) is 0 Å². The predicted octanol–water partition coefficient (Wildman–Crippen LogP) is 4.39. The summed E-state index contributed by atoms with van der Waals surface area (Å²) in [6.45, 7) is 6.50. The van der Waals surface area contributed by atoms with E-state index >= 15 is 0 Å². The third kappa shape index (κ3) is 4.93. The molecule has 36 heavy (non-hydrogen) atoms. The lowest BCUT2D eigenvalue weighted by Gasteiger charge is -2.29. The number of benzene rings is 1. The van der Waals surface area contributed by atoms with E-state index in [9.17, 15) is 14.0 Å². The minimum atomic E-state index is -0.566. The van der Waals surface area contributed by atoms with E-state index in [1.165, 1.54) is 29.1 Å². The molecule has 0 radical (unpaired) electrons. The highest BCUT2D eigenvalue weighted by Crippen LogP contribution is 2.32. The maximum absolute atomic E-state index is 13.0. The van der Waals surface area contributed by atoms with Crippen LogP contribution in [0.1, 0.15) is 37.8 Å². The summed E-state index contributed by atoms with van der Waals surface area (Å²) in [6.07, 6.45) is 2.76. The number of hydrogen-bond acceptors (Lipinski definition) is 7. The average molecular weight is 493 g/mol. The third-order valence-electron chi connectivity index (χ3n) is 5.66. The standard InChI is InChI=1S/C26H25FN4O5/c1-26(2,3)36-25(33)30-9-8-22-21(14-30)20-7-6-18(10-23(20)35-22)31-24(32)11-19(13-29-31)34-15-17-5-4-16(27)12-28-17/h4-7,10-13H,8-9,14-15H2,1-3H3. The Morgan fingerprint density at radius 1 is 1.17 bits per heavy atom. The molecule has 1 amide bonds. The van der Waals surface area contributed by atoms with E-state index in [4.69, 9.17) is 13.9 Å². The van der Waals surface area contributed by atoms with Crippen molar-refractivity contribution in [2.45, 2.75) is 45.9 Å². The molecule has 3 aromatic heterocycles. The normalized spacial score (nSPS) is 13.5. The molecule has 0 fully saturated rings. The Morgan fingerprint density at radius 3 is 2.72 bits per heavy atom. The van der Waals surface area contributed by atoms with Gasteiger partial charge in [0.1, 0.15) is 35.1 Å². The van der Waals surface area contributed by atoms with Gasteiger partial charge in [0.05, 0.1) is 30.3 Å². The van der Waals surface area contributed by atoms with Crippen LogP contribution in [0.3, 0.4) is 0 Å². The Bertz CT molecular complexity index is 1490. The number of carbonyl (C=O) groups excluding carboxylic acids is 1. The predicted molar refractivity (Wildman–Crippen MR) is 128 cm³/mol. The second kappa shape index (κ2) is 9.10. The Labute approximate surface area is 206 Å². The monoisotopic (exact) mass is 492 g/mol. The summed E-state index contributed by atoms with van der Waals surface area (Å²) in [6, 6.07) is 9.52. The number of ether oxygens (including phenoxy) is 2. The number of halogens is 1. The van der Waals surface area contributed by atoms with Crippen LogP contribution in [-0.2, 0) is 24.3 Å². The summed E-state index contributed by atoms with van der Waals surface area (Å²) in [5, 5.41) is 5.10. The van der Waals surface area contributed by atoms with E-state index in [-0.39, 0.29) is 24.0 Å². The Balaban J connectivity index is 1.34. The van der Waals surface area contributed by atoms with Gasteiger partial charge in [-0.3, -0.25) is 9.78 Å². The number of nitrogens with zero attached hydrogens (tertiary/aromatic N) is 4. The van der Waals surface area contributed by atoms with Crippen molar-refractivity contribution in [2.24, 2.45) is 0 Å². The molecule has 0 aliphatic carbocycles. The second-order valence-electron chi connectivity index (χ2n) is 9.53. The average Bonchev–Trinajstić information content (AvgIpc) is 3.19. The quantitative estimate of drug-likeness (QED) is 0.417. The summed E-state index contributed by atoms with van der Waals surface area (Å²) in [5.74, 6) is 0.664. The summed E-state index contributed by atoms with van der Waals surface area (Å²) in [4.78, 5) is 30.8. The molecule has 10 heteroatoms. The zero-order valence-corrected chi connectivity index (χ0v) is 20.2. The van der Waals surface area contributed by atoms with E-state index in [0.717, 1.165) is 22.9 Å². The highest BCUT2D eigenvalue weighted by atomic mass is 19.1. The van der Waals surface area contributed by atoms with Gasteiger partial charge in [0.15, 0.2) is 0 Å². The smallest absolute Gasteiger partial charge is 0.410 e. The number of fused-ring (bicyclic) bond motifs is 3. The van der Waals surface area contributed by atoms with Gasteiger partial charge >= 0.3 is 6.09 Å². The van der Waals surface area contributed by atoms with Gasteiger partial charge in [-0.05, 0) is 45.0 Å². The molecule has 4 heterocycles. The third-order valence-corrected chi connectivity index (χ3v) is 5.66. The zero-order valence-electron chi connectivity index (χ0n) is 20.2. The highest BCUT2D eigenvalue weighted by Gasteiger charge is 2.29. The highest BCUT2D eigenvalue weighted by molar-refractivity contribution is 5.85. The molecule has 186 valence electrons. The van der Waals surface area contributed by atoms with E-state index in [1.54, 1.807) is 17.0 Å². The summed E-state index contributed by atoms with van der Waals surface area (Å²) in [7, 11) is 0. The summed E-state index contributed by atoms with van der Waals surface area (Å²) < 4.78 is 31.4. The van der Waals surface area contributed by atoms with E-state index in [0.29, 0.717) is 36.5 Å². The van der Waals surface area contributed by atoms with Gasteiger partial charge in [-0.25, -0.2) is 9.18 Å². The molecule has 1 aromatic carbocycles. The largest absolute Gasteiger partial charge is 0.485 e. The lowest BCUT2D eigenvalue weighted by molar-refractivity contribution is 0.0220. The minimum Gasteiger partial charge on any atom is -0.485 e. The van der Waals surface area contributed by atoms with Crippen LogP contribution in [-0.4, -0.2) is 37.9 Å². The summed E-state index contributed by atoms with van der Waals surface area (Å²) >= 11 is 0. The minimum absolute atomic E-state index is 0.0790. The first-order valence-electron chi connectivity index (χ1n) is 11.5. The van der Waals surface area contributed by atoms with Crippen LogP contribution in [0.4, 0.5) is 9.18 Å². The van der Waals surface area contributed by atoms with E-state index in [2.05, 4.69) is 10.1 Å². The van der Waals surface area contributed by atoms with Gasteiger partial charge in [0.2, 0.25) is 0 Å². The molecule has 5 rings (SSSR count). The van der Waals surface area contributed by atoms with E-state index in [1.807, 2.05) is 26.8 Å². The number of rotatable bonds is 4. The number of pyridine rings is 1. The topological polar surface area (TPSA) is 99.7 Å². The van der Waals surface area contributed by atoms with Crippen LogP contribution in [0, 0.1) is 5.82 Å². The molecule has 1 aliphatic heterocycles. The number of carbonyl (C=O) groups is 1. The molecule has 4 aromatic rings. The molecule has 0 bridgehead atoms. The summed E-state index contributed by atoms with van der Waals surface area (Å²) in [5.41, 5.74) is 1.66. The first-order valence-corrected chi connectivity index (χ1v) is 11.5. The van der Waals surface area contributed by atoms with Crippen molar-refractivity contribution >= 4 is 17.1 Å². The van der Waals surface area contributed by atoms with Crippen molar-refractivity contribution in [1.82, 2.24) is 19.7 Å². The van der Waals surface area contributed by atoms with Crippen molar-refractivity contribution in [3.8, 4) is 11.4 Å². The van der Waals surface area contributed by atoms with Gasteiger partial charge in [0.25, 0.3) is 5.56 Å². The van der Waals surface area contributed by atoms with Crippen LogP contribution < -0.4 is 10.3 Å². The Hall–Kier alpha value is -4.21. The van der Waals surface area contributed by atoms with E-state index < -0.39 is 11.4 Å². The number of hydrogen-bond donors (Lipinski definition) is 0. The van der Waals surface area contributed by atoms with Crippen LogP contribution in [0.15, 0.2) is 58.0 Å². The van der Waals surface area contributed by atoms with Crippen molar-refractivity contribution in [2.75, 3.05) is 6.54 Å². The molecule has 0 spiro atoms. The van der Waals surface area contributed by atoms with Crippen LogP contribution in [0.5, 0.6) is 5.75 Å². The number of aromatic nitrogens is 3. The first kappa shape index (κ1) is 23.5. The second-order valence-corrected chi connectivity index (χ2v) is 9.53. The van der Waals surface area contributed by atoms with Crippen molar-refractivity contribution in [3.63, 3.8) is 0 Å². The Morgan fingerprint density at radius 2 is 2.00 bits per heavy atom. The zero-order chi connectivity index (χ0) is 25.4. The van der Waals surface area contributed by atoms with Gasteiger partial charge < -0.3 is 18.8 Å². The number of furan rings is 1. The van der Waals surface area contributed by atoms with Crippen molar-refractivity contribution in [3.05, 3.63) is 82.0 Å². The van der Waals surface area contributed by atoms with Gasteiger partial charge in [-0.2, -0.15) is 9.78 Å². The molecule has 0 unspecified atom stereocenters. The molecular weight excluding hydrogens is 467 g/mol. The molecule has 9 nitrogen and oxygen atoms in total. The molecule has 1 aliphatic rings. The molecule has 0 N–H and O–H groups in total. The Kier molecular flexibility index (Phi) is 5.95. The number of amides is 1. The molecule has 0 saturated carbocycles. The maximum atomic E-state index is 13.0. The fourth-order valence-electron chi connectivity index (χ4n) is 4.00. The van der Waals surface area contributed by atoms with Crippen LogP contribution >= 0.6 is 0 Å². The van der Waals surface area contributed by atoms with Gasteiger partial charge in [-0.1, -0.05) is 0 Å². The van der Waals surface area contributed by atoms with Gasteiger partial charge in [0, 0.05) is 36.0 Å². The van der Waals surface area contributed by atoms with Crippen LogP contribution in [0.2, 0.25) is 0 Å². The fourth-order valence-corrected chi connectivity index (χ4v) is 4.00. The SMILES string of the molecule is CC(C)(C)OC(=O)N1CCc2oc3cc(-n4ncc(OCc5ccc(F)cn5)cc4=O)ccc3c2C1. The van der Waals surface area contributed by atoms with Crippen molar-refractivity contribution < 1.29 is 23.1 Å². The molecule has 0 saturated heterocycles. The van der Waals surface area contributed by atoms with Gasteiger partial charge in [-0.15, -0.1) is 0 Å².